The van der Waals surface area contributed by atoms with E-state index in [4.69, 9.17) is 9.84 Å². The summed E-state index contributed by atoms with van der Waals surface area (Å²) in [6.07, 6.45) is 0. The normalized spacial score (nSPS) is 11.0. The van der Waals surface area contributed by atoms with Gasteiger partial charge < -0.3 is 14.4 Å². The van der Waals surface area contributed by atoms with Crippen LogP contribution in [0.1, 0.15) is 16.2 Å². The van der Waals surface area contributed by atoms with Gasteiger partial charge in [-0.15, -0.1) is 0 Å². The lowest BCUT2D eigenvalue weighted by molar-refractivity contribution is 0.0690. The average molecular weight is 285 g/mol. The van der Waals surface area contributed by atoms with Crippen molar-refractivity contribution >= 4 is 16.9 Å². The third kappa shape index (κ3) is 1.96. The van der Waals surface area contributed by atoms with Crippen molar-refractivity contribution in [1.29, 1.82) is 0 Å². The van der Waals surface area contributed by atoms with Gasteiger partial charge in [0.05, 0.1) is 18.3 Å². The van der Waals surface area contributed by atoms with Crippen molar-refractivity contribution in [3.05, 3.63) is 35.7 Å². The number of nitrogens with zero attached hydrogens (tertiary/aromatic N) is 2. The first kappa shape index (κ1) is 13.2. The fraction of sp³-hybridized carbons (Fsp3) is 0.200. The Morgan fingerprint density at radius 1 is 1.38 bits per heavy atom. The third-order valence-corrected chi connectivity index (χ3v) is 3.76. The molecule has 0 amide bonds. The Kier molecular flexibility index (Phi) is 2.94. The maximum atomic E-state index is 11.0. The molecular weight excluding hydrogens is 270 g/mol. The SMILES string of the molecule is COc1ccc2c(-c3cc(C(=O)O)[nH]n3)c(C)n(C)c2c1. The molecule has 0 fully saturated rings. The minimum atomic E-state index is -1.02. The van der Waals surface area contributed by atoms with Crippen molar-refractivity contribution in [2.24, 2.45) is 7.05 Å². The summed E-state index contributed by atoms with van der Waals surface area (Å²) in [4.78, 5) is 11.0. The highest BCUT2D eigenvalue weighted by Gasteiger charge is 2.18. The molecule has 2 heterocycles. The molecule has 108 valence electrons. The zero-order valence-electron chi connectivity index (χ0n) is 12.0. The van der Waals surface area contributed by atoms with E-state index >= 15 is 0 Å². The molecule has 0 atom stereocenters. The summed E-state index contributed by atoms with van der Waals surface area (Å²) >= 11 is 0. The first-order valence-electron chi connectivity index (χ1n) is 6.45. The number of H-pyrrole nitrogens is 1. The molecule has 3 aromatic rings. The summed E-state index contributed by atoms with van der Waals surface area (Å²) in [5.41, 5.74) is 3.66. The Morgan fingerprint density at radius 3 is 2.76 bits per heavy atom. The van der Waals surface area contributed by atoms with Crippen LogP contribution in [0.25, 0.3) is 22.2 Å². The van der Waals surface area contributed by atoms with E-state index < -0.39 is 5.97 Å². The number of benzene rings is 1. The Balaban J connectivity index is 2.26. The number of aromatic carboxylic acids is 1. The van der Waals surface area contributed by atoms with E-state index in [1.165, 1.54) is 0 Å². The molecule has 3 rings (SSSR count). The largest absolute Gasteiger partial charge is 0.497 e. The molecule has 0 bridgehead atoms. The van der Waals surface area contributed by atoms with Gasteiger partial charge in [-0.25, -0.2) is 4.79 Å². The lowest BCUT2D eigenvalue weighted by Gasteiger charge is -2.01. The second-order valence-corrected chi connectivity index (χ2v) is 4.87. The van der Waals surface area contributed by atoms with Gasteiger partial charge in [0.15, 0.2) is 0 Å². The number of fused-ring (bicyclic) bond motifs is 1. The Labute approximate surface area is 121 Å². The minimum absolute atomic E-state index is 0.0786. The van der Waals surface area contributed by atoms with Crippen LogP contribution < -0.4 is 4.74 Å². The number of aryl methyl sites for hydroxylation is 1. The third-order valence-electron chi connectivity index (χ3n) is 3.76. The summed E-state index contributed by atoms with van der Waals surface area (Å²) in [5, 5.41) is 16.7. The maximum Gasteiger partial charge on any atom is 0.353 e. The van der Waals surface area contributed by atoms with E-state index in [2.05, 4.69) is 10.2 Å². The van der Waals surface area contributed by atoms with Crippen LogP contribution in [-0.2, 0) is 7.05 Å². The Hall–Kier alpha value is -2.76. The molecule has 0 radical (unpaired) electrons. The fourth-order valence-electron chi connectivity index (χ4n) is 2.55. The number of hydrogen-bond donors (Lipinski definition) is 2. The number of nitrogens with one attached hydrogen (secondary N) is 1. The molecule has 0 saturated carbocycles. The lowest BCUT2D eigenvalue weighted by Crippen LogP contribution is -1.95. The van der Waals surface area contributed by atoms with Crippen molar-refractivity contribution < 1.29 is 14.6 Å². The number of aromatic amines is 1. The van der Waals surface area contributed by atoms with Gasteiger partial charge in [0.25, 0.3) is 0 Å². The van der Waals surface area contributed by atoms with E-state index in [0.29, 0.717) is 5.69 Å². The van der Waals surface area contributed by atoms with Crippen molar-refractivity contribution in [3.63, 3.8) is 0 Å². The standard InChI is InChI=1S/C15H15N3O3/c1-8-14(11-7-12(15(19)20)17-16-11)10-5-4-9(21-3)6-13(10)18(8)2/h4-7H,1-3H3,(H,16,17)(H,19,20). The molecule has 0 spiro atoms. The highest BCUT2D eigenvalue weighted by atomic mass is 16.5. The van der Waals surface area contributed by atoms with E-state index in [0.717, 1.165) is 27.9 Å². The zero-order valence-corrected chi connectivity index (χ0v) is 12.0. The van der Waals surface area contributed by atoms with Crippen molar-refractivity contribution in [1.82, 2.24) is 14.8 Å². The van der Waals surface area contributed by atoms with Crippen LogP contribution in [0.15, 0.2) is 24.3 Å². The quantitative estimate of drug-likeness (QED) is 0.775. The van der Waals surface area contributed by atoms with Crippen molar-refractivity contribution in [3.8, 4) is 17.0 Å². The number of methoxy groups -OCH3 is 1. The fourth-order valence-corrected chi connectivity index (χ4v) is 2.55. The van der Waals surface area contributed by atoms with Gasteiger partial charge in [0, 0.05) is 29.8 Å². The van der Waals surface area contributed by atoms with Crippen LogP contribution in [0.3, 0.4) is 0 Å². The molecule has 0 unspecified atom stereocenters. The van der Waals surface area contributed by atoms with Crippen LogP contribution in [-0.4, -0.2) is 33.0 Å². The predicted molar refractivity (Wildman–Crippen MR) is 78.7 cm³/mol. The molecule has 6 heteroatoms. The van der Waals surface area contributed by atoms with E-state index in [-0.39, 0.29) is 5.69 Å². The topological polar surface area (TPSA) is 80.1 Å². The van der Waals surface area contributed by atoms with E-state index in [1.54, 1.807) is 13.2 Å². The Morgan fingerprint density at radius 2 is 2.14 bits per heavy atom. The number of carbonyl (C=O) groups is 1. The molecule has 2 aromatic heterocycles. The predicted octanol–water partition coefficient (Wildman–Crippen LogP) is 2.58. The second-order valence-electron chi connectivity index (χ2n) is 4.87. The van der Waals surface area contributed by atoms with E-state index in [1.807, 2.05) is 36.7 Å². The molecule has 0 aliphatic carbocycles. The van der Waals surface area contributed by atoms with Gasteiger partial charge >= 0.3 is 5.97 Å². The number of aromatic nitrogens is 3. The van der Waals surface area contributed by atoms with Crippen LogP contribution in [0.2, 0.25) is 0 Å². The van der Waals surface area contributed by atoms with Crippen molar-refractivity contribution in [2.45, 2.75) is 6.92 Å². The van der Waals surface area contributed by atoms with Gasteiger partial charge in [-0.2, -0.15) is 5.10 Å². The molecule has 2 N–H and O–H groups in total. The van der Waals surface area contributed by atoms with Crippen LogP contribution in [0.4, 0.5) is 0 Å². The van der Waals surface area contributed by atoms with Crippen molar-refractivity contribution in [2.75, 3.05) is 7.11 Å². The smallest absolute Gasteiger partial charge is 0.353 e. The highest BCUT2D eigenvalue weighted by molar-refractivity contribution is 5.98. The van der Waals surface area contributed by atoms with Gasteiger partial charge in [-0.3, -0.25) is 5.10 Å². The summed E-state index contributed by atoms with van der Waals surface area (Å²) < 4.78 is 7.30. The van der Waals surface area contributed by atoms with Crippen LogP contribution in [0, 0.1) is 6.92 Å². The molecule has 21 heavy (non-hydrogen) atoms. The summed E-state index contributed by atoms with van der Waals surface area (Å²) in [6.45, 7) is 1.98. The summed E-state index contributed by atoms with van der Waals surface area (Å²) in [7, 11) is 3.59. The molecule has 0 saturated heterocycles. The number of carboxylic acid groups (broad SMARTS) is 1. The molecule has 0 aliphatic heterocycles. The number of hydrogen-bond acceptors (Lipinski definition) is 3. The Bertz CT molecular complexity index is 845. The van der Waals surface area contributed by atoms with Gasteiger partial charge in [0.1, 0.15) is 11.4 Å². The highest BCUT2D eigenvalue weighted by Crippen LogP contribution is 2.34. The van der Waals surface area contributed by atoms with Crippen LogP contribution >= 0.6 is 0 Å². The molecule has 6 nitrogen and oxygen atoms in total. The summed E-state index contributed by atoms with van der Waals surface area (Å²) in [6, 6.07) is 7.35. The minimum Gasteiger partial charge on any atom is -0.497 e. The number of carboxylic acids is 1. The second kappa shape index (κ2) is 4.66. The number of rotatable bonds is 3. The van der Waals surface area contributed by atoms with Gasteiger partial charge in [-0.1, -0.05) is 0 Å². The molecule has 1 aromatic carbocycles. The maximum absolute atomic E-state index is 11.0. The first-order valence-corrected chi connectivity index (χ1v) is 6.45. The monoisotopic (exact) mass is 285 g/mol. The zero-order chi connectivity index (χ0) is 15.1. The summed E-state index contributed by atoms with van der Waals surface area (Å²) in [5.74, 6) is -0.240. The van der Waals surface area contributed by atoms with Crippen LogP contribution in [0.5, 0.6) is 5.75 Å². The van der Waals surface area contributed by atoms with Gasteiger partial charge in [-0.05, 0) is 25.1 Å². The average Bonchev–Trinajstić information content (AvgIpc) is 3.04. The lowest BCUT2D eigenvalue weighted by atomic mass is 10.1. The van der Waals surface area contributed by atoms with Gasteiger partial charge in [0.2, 0.25) is 0 Å². The first-order chi connectivity index (χ1) is 10.0. The number of ether oxygens (including phenoxy) is 1. The molecular formula is C15H15N3O3. The molecule has 0 aliphatic rings. The van der Waals surface area contributed by atoms with E-state index in [9.17, 15) is 4.79 Å².